The van der Waals surface area contributed by atoms with Crippen LogP contribution >= 0.6 is 0 Å². The number of nitrogens with zero attached hydrogens (tertiary/aromatic N) is 1. The molecule has 0 aromatic carbocycles. The summed E-state index contributed by atoms with van der Waals surface area (Å²) in [4.78, 5) is 47.1. The minimum absolute atomic E-state index is 0.162. The van der Waals surface area contributed by atoms with Crippen molar-refractivity contribution >= 4 is 23.9 Å². The van der Waals surface area contributed by atoms with Crippen molar-refractivity contribution in [3.8, 4) is 0 Å². The second-order valence-electron chi connectivity index (χ2n) is 5.80. The van der Waals surface area contributed by atoms with Gasteiger partial charge in [0, 0.05) is 7.05 Å². The Morgan fingerprint density at radius 3 is 2.22 bits per heavy atom. The van der Waals surface area contributed by atoms with Gasteiger partial charge in [0.2, 0.25) is 5.91 Å². The summed E-state index contributed by atoms with van der Waals surface area (Å²) < 4.78 is 9.70. The molecular formula is C14H24N2O7. The van der Waals surface area contributed by atoms with E-state index in [9.17, 15) is 19.2 Å². The van der Waals surface area contributed by atoms with Crippen molar-refractivity contribution in [2.75, 3.05) is 20.2 Å². The highest BCUT2D eigenvalue weighted by molar-refractivity contribution is 5.91. The van der Waals surface area contributed by atoms with E-state index < -0.39 is 42.0 Å². The van der Waals surface area contributed by atoms with Crippen LogP contribution in [0.3, 0.4) is 0 Å². The number of hydrogen-bond donors (Lipinski definition) is 2. The van der Waals surface area contributed by atoms with Gasteiger partial charge in [-0.25, -0.2) is 4.79 Å². The molecule has 2 amide bonds. The van der Waals surface area contributed by atoms with Crippen molar-refractivity contribution < 1.29 is 33.8 Å². The molecule has 0 unspecified atom stereocenters. The van der Waals surface area contributed by atoms with Gasteiger partial charge in [-0.3, -0.25) is 14.4 Å². The maximum absolute atomic E-state index is 12.2. The zero-order valence-corrected chi connectivity index (χ0v) is 14.0. The van der Waals surface area contributed by atoms with Gasteiger partial charge >= 0.3 is 18.0 Å². The van der Waals surface area contributed by atoms with Gasteiger partial charge in [-0.1, -0.05) is 0 Å². The van der Waals surface area contributed by atoms with Crippen molar-refractivity contribution in [2.45, 2.75) is 45.8 Å². The van der Waals surface area contributed by atoms with E-state index in [1.165, 1.54) is 7.05 Å². The summed E-state index contributed by atoms with van der Waals surface area (Å²) in [6.07, 6.45) is -1.55. The number of nitrogens with one attached hydrogen (secondary N) is 1. The molecule has 0 aliphatic carbocycles. The summed E-state index contributed by atoms with van der Waals surface area (Å²) in [6, 6.07) is -1.35. The number of carboxylic acid groups (broad SMARTS) is 1. The van der Waals surface area contributed by atoms with Gasteiger partial charge in [0.15, 0.2) is 0 Å². The first kappa shape index (κ1) is 20.7. The number of aliphatic carboxylic acids is 1. The van der Waals surface area contributed by atoms with Crippen LogP contribution in [0, 0.1) is 0 Å². The molecular weight excluding hydrogens is 308 g/mol. The van der Waals surface area contributed by atoms with Gasteiger partial charge in [-0.15, -0.1) is 0 Å². The first-order valence-electron chi connectivity index (χ1n) is 7.08. The number of carbonyl (C=O) groups excluding carboxylic acids is 3. The number of likely N-dealkylation sites (N-methyl/N-ethyl adjacent to an activating group) is 1. The molecule has 1 atom stereocenters. The summed E-state index contributed by atoms with van der Waals surface area (Å²) in [7, 11) is 1.31. The van der Waals surface area contributed by atoms with E-state index in [1.54, 1.807) is 27.7 Å². The third-order valence-corrected chi connectivity index (χ3v) is 2.42. The smallest absolute Gasteiger partial charge is 0.408 e. The third-order valence-electron chi connectivity index (χ3n) is 2.42. The van der Waals surface area contributed by atoms with Gasteiger partial charge in [-0.2, -0.15) is 0 Å². The Bertz CT molecular complexity index is 457. The number of carbonyl (C=O) groups is 4. The molecule has 9 nitrogen and oxygen atoms in total. The highest BCUT2D eigenvalue weighted by Gasteiger charge is 2.29. The van der Waals surface area contributed by atoms with E-state index >= 15 is 0 Å². The Hall–Kier alpha value is -2.32. The molecule has 0 radical (unpaired) electrons. The second kappa shape index (κ2) is 8.96. The average molecular weight is 332 g/mol. The normalized spacial score (nSPS) is 12.0. The Labute approximate surface area is 134 Å². The quantitative estimate of drug-likeness (QED) is 0.646. The van der Waals surface area contributed by atoms with Gasteiger partial charge in [-0.05, 0) is 27.7 Å². The number of esters is 1. The van der Waals surface area contributed by atoms with Crippen LogP contribution in [-0.4, -0.2) is 65.8 Å². The van der Waals surface area contributed by atoms with Crippen LogP contribution in [0.25, 0.3) is 0 Å². The predicted octanol–water partition coefficient (Wildman–Crippen LogP) is 0.376. The summed E-state index contributed by atoms with van der Waals surface area (Å²) in [5.74, 6) is -2.63. The van der Waals surface area contributed by atoms with Crippen LogP contribution in [0.15, 0.2) is 0 Å². The fourth-order valence-corrected chi connectivity index (χ4v) is 1.57. The summed E-state index contributed by atoms with van der Waals surface area (Å²) in [5.41, 5.74) is -0.794. The predicted molar refractivity (Wildman–Crippen MR) is 79.7 cm³/mol. The van der Waals surface area contributed by atoms with Crippen LogP contribution in [0.1, 0.15) is 34.1 Å². The highest BCUT2D eigenvalue weighted by Crippen LogP contribution is 2.08. The number of ether oxygens (including phenoxy) is 2. The first-order chi connectivity index (χ1) is 10.5. The molecule has 2 N–H and O–H groups in total. The number of hydrogen-bond acceptors (Lipinski definition) is 6. The van der Waals surface area contributed by atoms with Crippen molar-refractivity contribution in [1.29, 1.82) is 0 Å². The van der Waals surface area contributed by atoms with Crippen LogP contribution in [0.5, 0.6) is 0 Å². The molecule has 0 bridgehead atoms. The maximum atomic E-state index is 12.2. The minimum atomic E-state index is -1.35. The molecule has 23 heavy (non-hydrogen) atoms. The SMILES string of the molecule is CCOC(=O)CN(C)C(=O)[C@H](CC(=O)O)NC(=O)OC(C)(C)C. The van der Waals surface area contributed by atoms with Crippen LogP contribution in [0.4, 0.5) is 4.79 Å². The van der Waals surface area contributed by atoms with Crippen LogP contribution < -0.4 is 5.32 Å². The molecule has 0 spiro atoms. The summed E-state index contributed by atoms with van der Waals surface area (Å²) in [6.45, 7) is 6.33. The number of alkyl carbamates (subject to hydrolysis) is 1. The van der Waals surface area contributed by atoms with Crippen molar-refractivity contribution in [3.05, 3.63) is 0 Å². The van der Waals surface area contributed by atoms with Crippen molar-refractivity contribution in [1.82, 2.24) is 10.2 Å². The van der Waals surface area contributed by atoms with Gasteiger partial charge < -0.3 is 24.8 Å². The number of carboxylic acids is 1. The van der Waals surface area contributed by atoms with E-state index in [1.807, 2.05) is 0 Å². The van der Waals surface area contributed by atoms with E-state index in [-0.39, 0.29) is 13.2 Å². The molecule has 0 aliphatic heterocycles. The minimum Gasteiger partial charge on any atom is -0.481 e. The molecule has 0 aromatic rings. The molecule has 0 heterocycles. The molecule has 0 aromatic heterocycles. The highest BCUT2D eigenvalue weighted by atomic mass is 16.6. The summed E-state index contributed by atoms with van der Waals surface area (Å²) in [5, 5.41) is 11.1. The topological polar surface area (TPSA) is 122 Å². The van der Waals surface area contributed by atoms with Crippen LogP contribution in [0.2, 0.25) is 0 Å². The van der Waals surface area contributed by atoms with E-state index in [0.29, 0.717) is 0 Å². The Morgan fingerprint density at radius 1 is 1.22 bits per heavy atom. The molecule has 0 saturated heterocycles. The molecule has 132 valence electrons. The summed E-state index contributed by atoms with van der Waals surface area (Å²) >= 11 is 0. The molecule has 9 heteroatoms. The molecule has 0 saturated carbocycles. The monoisotopic (exact) mass is 332 g/mol. The fourth-order valence-electron chi connectivity index (χ4n) is 1.57. The third kappa shape index (κ3) is 9.33. The van der Waals surface area contributed by atoms with Crippen molar-refractivity contribution in [3.63, 3.8) is 0 Å². The lowest BCUT2D eigenvalue weighted by atomic mass is 10.2. The van der Waals surface area contributed by atoms with Gasteiger partial charge in [0.05, 0.1) is 13.0 Å². The van der Waals surface area contributed by atoms with Crippen molar-refractivity contribution in [2.24, 2.45) is 0 Å². The van der Waals surface area contributed by atoms with Gasteiger partial charge in [0.25, 0.3) is 0 Å². The van der Waals surface area contributed by atoms with E-state index in [0.717, 1.165) is 4.90 Å². The first-order valence-corrected chi connectivity index (χ1v) is 7.08. The fraction of sp³-hybridized carbons (Fsp3) is 0.714. The van der Waals surface area contributed by atoms with E-state index in [2.05, 4.69) is 5.32 Å². The Balaban J connectivity index is 4.87. The maximum Gasteiger partial charge on any atom is 0.408 e. The molecule has 0 fully saturated rings. The van der Waals surface area contributed by atoms with Gasteiger partial charge in [0.1, 0.15) is 18.2 Å². The van der Waals surface area contributed by atoms with E-state index in [4.69, 9.17) is 14.6 Å². The Kier molecular flexibility index (Phi) is 8.06. The number of amides is 2. The lowest BCUT2D eigenvalue weighted by molar-refractivity contribution is -0.149. The number of rotatable bonds is 7. The lowest BCUT2D eigenvalue weighted by Crippen LogP contribution is -2.50. The standard InChI is InChI=1S/C14H24N2O7/c1-6-22-11(19)8-16(5)12(20)9(7-10(17)18)15-13(21)23-14(2,3)4/h9H,6-8H2,1-5H3,(H,15,21)(H,17,18)/t9-/m0/s1. The zero-order chi connectivity index (χ0) is 18.2. The lowest BCUT2D eigenvalue weighted by Gasteiger charge is -2.25. The molecule has 0 aliphatic rings. The largest absolute Gasteiger partial charge is 0.481 e. The molecule has 0 rings (SSSR count). The Morgan fingerprint density at radius 2 is 1.78 bits per heavy atom. The average Bonchev–Trinajstić information content (AvgIpc) is 2.34. The second-order valence-corrected chi connectivity index (χ2v) is 5.80. The zero-order valence-electron chi connectivity index (χ0n) is 14.0. The van der Waals surface area contributed by atoms with Crippen LogP contribution in [-0.2, 0) is 23.9 Å².